The first-order chi connectivity index (χ1) is 11.1. The Morgan fingerprint density at radius 3 is 2.61 bits per heavy atom. The van der Waals surface area contributed by atoms with E-state index in [9.17, 15) is 13.6 Å². The largest absolute Gasteiger partial charge is 0.383 e. The van der Waals surface area contributed by atoms with Crippen molar-refractivity contribution in [3.8, 4) is 0 Å². The summed E-state index contributed by atoms with van der Waals surface area (Å²) in [5.74, 6) is -1.60. The summed E-state index contributed by atoms with van der Waals surface area (Å²) in [6.45, 7) is 4.65. The molecule has 0 radical (unpaired) electrons. The van der Waals surface area contributed by atoms with Gasteiger partial charge in [0.2, 0.25) is 5.91 Å². The van der Waals surface area contributed by atoms with Gasteiger partial charge in [-0.05, 0) is 6.07 Å². The summed E-state index contributed by atoms with van der Waals surface area (Å²) in [6, 6.07) is 4.25. The standard InChI is InChI=1S/C16H23F2N3O2/c1-23-10-5-19-15(22)12-21-8-6-20(7-9-21)11-13-3-2-4-14(17)16(13)18/h2-4H,5-12H2,1H3,(H,19,22). The molecule has 0 atom stereocenters. The lowest BCUT2D eigenvalue weighted by Gasteiger charge is -2.34. The number of hydrogen-bond acceptors (Lipinski definition) is 4. The fraction of sp³-hybridized carbons (Fsp3) is 0.562. The summed E-state index contributed by atoms with van der Waals surface area (Å²) in [5.41, 5.74) is 0.371. The van der Waals surface area contributed by atoms with Gasteiger partial charge in [-0.25, -0.2) is 8.78 Å². The third-order valence-electron chi connectivity index (χ3n) is 3.89. The first-order valence-electron chi connectivity index (χ1n) is 7.73. The Morgan fingerprint density at radius 2 is 1.91 bits per heavy atom. The van der Waals surface area contributed by atoms with Gasteiger partial charge in [-0.3, -0.25) is 14.6 Å². The van der Waals surface area contributed by atoms with Gasteiger partial charge in [0.15, 0.2) is 11.6 Å². The van der Waals surface area contributed by atoms with Gasteiger partial charge in [-0.1, -0.05) is 12.1 Å². The van der Waals surface area contributed by atoms with E-state index in [0.717, 1.165) is 32.2 Å². The molecule has 1 amide bonds. The van der Waals surface area contributed by atoms with Gasteiger partial charge in [0.05, 0.1) is 13.2 Å². The van der Waals surface area contributed by atoms with Crippen LogP contribution in [0.2, 0.25) is 0 Å². The number of piperazine rings is 1. The van der Waals surface area contributed by atoms with E-state index in [0.29, 0.717) is 31.8 Å². The van der Waals surface area contributed by atoms with E-state index in [1.54, 1.807) is 13.2 Å². The molecule has 1 saturated heterocycles. The smallest absolute Gasteiger partial charge is 0.234 e. The molecular formula is C16H23F2N3O2. The SMILES string of the molecule is COCCNC(=O)CN1CCN(Cc2cccc(F)c2F)CC1. The fourth-order valence-electron chi connectivity index (χ4n) is 2.57. The van der Waals surface area contributed by atoms with Crippen LogP contribution in [0.1, 0.15) is 5.56 Å². The van der Waals surface area contributed by atoms with Crippen LogP contribution in [0.15, 0.2) is 18.2 Å². The number of nitrogens with zero attached hydrogens (tertiary/aromatic N) is 2. The van der Waals surface area contributed by atoms with Gasteiger partial charge < -0.3 is 10.1 Å². The highest BCUT2D eigenvalue weighted by Gasteiger charge is 2.20. The summed E-state index contributed by atoms with van der Waals surface area (Å²) < 4.78 is 31.8. The second kappa shape index (κ2) is 8.90. The van der Waals surface area contributed by atoms with Crippen LogP contribution in [0, 0.1) is 11.6 Å². The normalized spacial score (nSPS) is 16.5. The summed E-state index contributed by atoms with van der Waals surface area (Å²) >= 11 is 0. The highest BCUT2D eigenvalue weighted by molar-refractivity contribution is 5.77. The zero-order valence-electron chi connectivity index (χ0n) is 13.4. The van der Waals surface area contributed by atoms with Crippen molar-refractivity contribution in [2.75, 3.05) is 53.0 Å². The molecule has 7 heteroatoms. The van der Waals surface area contributed by atoms with E-state index in [4.69, 9.17) is 4.74 Å². The molecule has 0 aromatic heterocycles. The van der Waals surface area contributed by atoms with Crippen molar-refractivity contribution < 1.29 is 18.3 Å². The maximum absolute atomic E-state index is 13.7. The number of benzene rings is 1. The van der Waals surface area contributed by atoms with Crippen molar-refractivity contribution in [1.29, 1.82) is 0 Å². The Labute approximate surface area is 135 Å². The summed E-state index contributed by atoms with van der Waals surface area (Å²) in [6.07, 6.45) is 0. The van der Waals surface area contributed by atoms with Crippen molar-refractivity contribution in [1.82, 2.24) is 15.1 Å². The van der Waals surface area contributed by atoms with Gasteiger partial charge in [-0.15, -0.1) is 0 Å². The number of nitrogens with one attached hydrogen (secondary N) is 1. The predicted molar refractivity (Wildman–Crippen MR) is 83.0 cm³/mol. The molecule has 2 rings (SSSR count). The quantitative estimate of drug-likeness (QED) is 0.754. The van der Waals surface area contributed by atoms with E-state index in [-0.39, 0.29) is 5.91 Å². The number of carbonyl (C=O) groups excluding carboxylic acids is 1. The van der Waals surface area contributed by atoms with Crippen molar-refractivity contribution in [3.63, 3.8) is 0 Å². The van der Waals surface area contributed by atoms with E-state index in [1.807, 2.05) is 0 Å². The molecule has 0 bridgehead atoms. The average molecular weight is 327 g/mol. The number of methoxy groups -OCH3 is 1. The maximum Gasteiger partial charge on any atom is 0.234 e. The van der Waals surface area contributed by atoms with Crippen LogP contribution in [0.25, 0.3) is 0 Å². The van der Waals surface area contributed by atoms with E-state index < -0.39 is 11.6 Å². The van der Waals surface area contributed by atoms with Crippen LogP contribution in [-0.2, 0) is 16.1 Å². The minimum Gasteiger partial charge on any atom is -0.383 e. The zero-order chi connectivity index (χ0) is 16.7. The average Bonchev–Trinajstić information content (AvgIpc) is 2.54. The zero-order valence-corrected chi connectivity index (χ0v) is 13.4. The number of carbonyl (C=O) groups is 1. The third kappa shape index (κ3) is 5.53. The number of hydrogen-bond donors (Lipinski definition) is 1. The minimum atomic E-state index is -0.811. The summed E-state index contributed by atoms with van der Waals surface area (Å²) in [7, 11) is 1.59. The van der Waals surface area contributed by atoms with Crippen molar-refractivity contribution >= 4 is 5.91 Å². The molecular weight excluding hydrogens is 304 g/mol. The van der Waals surface area contributed by atoms with Gasteiger partial charge in [0, 0.05) is 51.9 Å². The Morgan fingerprint density at radius 1 is 1.22 bits per heavy atom. The lowest BCUT2D eigenvalue weighted by molar-refractivity contribution is -0.122. The third-order valence-corrected chi connectivity index (χ3v) is 3.89. The molecule has 1 aromatic rings. The first-order valence-corrected chi connectivity index (χ1v) is 7.73. The van der Waals surface area contributed by atoms with Gasteiger partial charge >= 0.3 is 0 Å². The number of halogens is 2. The van der Waals surface area contributed by atoms with E-state index in [1.165, 1.54) is 6.07 Å². The van der Waals surface area contributed by atoms with Crippen LogP contribution in [0.4, 0.5) is 8.78 Å². The lowest BCUT2D eigenvalue weighted by atomic mass is 10.1. The minimum absolute atomic E-state index is 0.0216. The first kappa shape index (κ1) is 17.8. The van der Waals surface area contributed by atoms with Crippen LogP contribution < -0.4 is 5.32 Å². The lowest BCUT2D eigenvalue weighted by Crippen LogP contribution is -2.49. The molecule has 1 fully saturated rings. The molecule has 1 N–H and O–H groups in total. The highest BCUT2D eigenvalue weighted by Crippen LogP contribution is 2.14. The number of rotatable bonds is 7. The van der Waals surface area contributed by atoms with E-state index in [2.05, 4.69) is 15.1 Å². The maximum atomic E-state index is 13.7. The van der Waals surface area contributed by atoms with E-state index >= 15 is 0 Å². The second-order valence-corrected chi connectivity index (χ2v) is 5.61. The summed E-state index contributed by atoms with van der Waals surface area (Å²) in [4.78, 5) is 15.9. The van der Waals surface area contributed by atoms with Crippen LogP contribution in [0.3, 0.4) is 0 Å². The Kier molecular flexibility index (Phi) is 6.88. The van der Waals surface area contributed by atoms with Crippen LogP contribution in [-0.4, -0.2) is 68.7 Å². The molecule has 1 aliphatic rings. The molecule has 0 spiro atoms. The van der Waals surface area contributed by atoms with Gasteiger partial charge in [0.25, 0.3) is 0 Å². The molecule has 0 saturated carbocycles. The molecule has 5 nitrogen and oxygen atoms in total. The number of amides is 1. The topological polar surface area (TPSA) is 44.8 Å². The molecule has 1 heterocycles. The van der Waals surface area contributed by atoms with Crippen molar-refractivity contribution in [2.24, 2.45) is 0 Å². The van der Waals surface area contributed by atoms with Crippen LogP contribution in [0.5, 0.6) is 0 Å². The Hall–Kier alpha value is -1.57. The molecule has 0 unspecified atom stereocenters. The predicted octanol–water partition coefficient (Wildman–Crippen LogP) is 0.845. The van der Waals surface area contributed by atoms with Gasteiger partial charge in [0.1, 0.15) is 0 Å². The Balaban J connectivity index is 1.73. The van der Waals surface area contributed by atoms with Crippen LogP contribution >= 0.6 is 0 Å². The molecule has 128 valence electrons. The fourth-order valence-corrected chi connectivity index (χ4v) is 2.57. The van der Waals surface area contributed by atoms with Gasteiger partial charge in [-0.2, -0.15) is 0 Å². The summed E-state index contributed by atoms with van der Waals surface area (Å²) in [5, 5.41) is 2.79. The highest BCUT2D eigenvalue weighted by atomic mass is 19.2. The second-order valence-electron chi connectivity index (χ2n) is 5.61. The number of ether oxygens (including phenoxy) is 1. The van der Waals surface area contributed by atoms with Crippen molar-refractivity contribution in [3.05, 3.63) is 35.4 Å². The Bertz CT molecular complexity index is 520. The van der Waals surface area contributed by atoms with Crippen molar-refractivity contribution in [2.45, 2.75) is 6.54 Å². The molecule has 1 aliphatic heterocycles. The monoisotopic (exact) mass is 327 g/mol. The molecule has 0 aliphatic carbocycles. The molecule has 1 aromatic carbocycles. The molecule has 23 heavy (non-hydrogen) atoms.